The summed E-state index contributed by atoms with van der Waals surface area (Å²) in [4.78, 5) is 20.4. The van der Waals surface area contributed by atoms with Crippen LogP contribution in [-0.4, -0.2) is 44.3 Å². The molecule has 126 valence electrons. The van der Waals surface area contributed by atoms with Crippen molar-refractivity contribution in [2.45, 2.75) is 57.0 Å². The predicted molar refractivity (Wildman–Crippen MR) is 89.8 cm³/mol. The van der Waals surface area contributed by atoms with E-state index in [0.717, 1.165) is 24.3 Å². The van der Waals surface area contributed by atoms with E-state index in [1.807, 2.05) is 6.21 Å². The number of ether oxygens (including phenoxy) is 1. The maximum absolute atomic E-state index is 12.1. The Labute approximate surface area is 138 Å². The fourth-order valence-corrected chi connectivity index (χ4v) is 5.92. The zero-order valence-electron chi connectivity index (χ0n) is 13.9. The first kappa shape index (κ1) is 15.3. The number of rotatable bonds is 6. The summed E-state index contributed by atoms with van der Waals surface area (Å²) in [6.45, 7) is 0.948. The Kier molecular flexibility index (Phi) is 4.00. The van der Waals surface area contributed by atoms with Crippen LogP contribution in [0.5, 0.6) is 0 Å². The Morgan fingerprint density at radius 3 is 2.43 bits per heavy atom. The molecule has 0 spiro atoms. The highest BCUT2D eigenvalue weighted by Crippen LogP contribution is 2.59. The van der Waals surface area contributed by atoms with Gasteiger partial charge in [0.1, 0.15) is 12.4 Å². The van der Waals surface area contributed by atoms with Gasteiger partial charge in [-0.2, -0.15) is 0 Å². The van der Waals surface area contributed by atoms with Gasteiger partial charge in [-0.3, -0.25) is 9.79 Å². The molecule has 5 rings (SSSR count). The van der Waals surface area contributed by atoms with E-state index in [4.69, 9.17) is 4.74 Å². The van der Waals surface area contributed by atoms with Crippen molar-refractivity contribution < 1.29 is 9.53 Å². The van der Waals surface area contributed by atoms with Crippen LogP contribution >= 0.6 is 0 Å². The van der Waals surface area contributed by atoms with E-state index in [-0.39, 0.29) is 18.1 Å². The summed E-state index contributed by atoms with van der Waals surface area (Å²) in [5.74, 6) is 2.63. The minimum atomic E-state index is -0.278. The Hall–Kier alpha value is -1.23. The van der Waals surface area contributed by atoms with Crippen LogP contribution in [0, 0.1) is 23.2 Å². The third kappa shape index (κ3) is 3.08. The minimum Gasteiger partial charge on any atom is -0.468 e. The molecule has 1 aliphatic heterocycles. The van der Waals surface area contributed by atoms with Crippen molar-refractivity contribution in [2.24, 2.45) is 33.2 Å². The molecule has 2 atom stereocenters. The van der Waals surface area contributed by atoms with Crippen LogP contribution in [-0.2, 0) is 9.53 Å². The molecule has 1 N–H and O–H groups in total. The highest BCUT2D eigenvalue weighted by Gasteiger charge is 2.50. The van der Waals surface area contributed by atoms with Crippen LogP contribution in [0.25, 0.3) is 0 Å². The molecule has 0 saturated heterocycles. The number of hydrogen-bond acceptors (Lipinski definition) is 5. The summed E-state index contributed by atoms with van der Waals surface area (Å²) in [5.41, 5.74) is 0.425. The monoisotopic (exact) mass is 317 g/mol. The Bertz CT molecular complexity index is 481. The average Bonchev–Trinajstić information content (AvgIpc) is 3.02. The van der Waals surface area contributed by atoms with Gasteiger partial charge in [-0.05, 0) is 61.7 Å². The smallest absolute Gasteiger partial charge is 0.322 e. The molecule has 4 bridgehead atoms. The molecule has 5 heteroatoms. The molecule has 0 aromatic carbocycles. The number of nitrogens with one attached hydrogen (secondary N) is 1. The van der Waals surface area contributed by atoms with Crippen molar-refractivity contribution in [3.63, 3.8) is 0 Å². The van der Waals surface area contributed by atoms with Gasteiger partial charge < -0.3 is 10.1 Å². The summed E-state index contributed by atoms with van der Waals surface area (Å²) in [7, 11) is 1.47. The summed E-state index contributed by atoms with van der Waals surface area (Å²) in [6, 6.07) is -0.275. The van der Waals surface area contributed by atoms with Crippen LogP contribution < -0.4 is 5.32 Å². The van der Waals surface area contributed by atoms with Crippen molar-refractivity contribution in [2.75, 3.05) is 13.7 Å². The van der Waals surface area contributed by atoms with E-state index < -0.39 is 0 Å². The fraction of sp³-hybridized carbons (Fsp3) is 0.833. The molecule has 4 saturated carbocycles. The fourth-order valence-electron chi connectivity index (χ4n) is 5.92. The summed E-state index contributed by atoms with van der Waals surface area (Å²) in [6.07, 6.45) is 12.4. The molecule has 0 amide bonds. The third-order valence-corrected chi connectivity index (χ3v) is 6.43. The lowest BCUT2D eigenvalue weighted by molar-refractivity contribution is -0.143. The standard InChI is InChI=1S/C18H27N3O2/c1-23-17(22)16(5-15-9-19-11-21-15)20-10-18-6-12-2-13(7-18)4-14(3-12)8-18/h9,11-16,20H,2-8,10H2,1H3/t12?,13?,14?,15-,16+,18?/m1/s1. The number of aliphatic imine (C=N–C) groups is 2. The number of carbonyl (C=O) groups excluding carboxylic acids is 1. The van der Waals surface area contributed by atoms with Gasteiger partial charge in [-0.1, -0.05) is 0 Å². The number of esters is 1. The molecule has 4 fully saturated rings. The lowest BCUT2D eigenvalue weighted by Crippen LogP contribution is -2.53. The molecule has 0 radical (unpaired) electrons. The van der Waals surface area contributed by atoms with Crippen molar-refractivity contribution in [1.29, 1.82) is 0 Å². The van der Waals surface area contributed by atoms with Crippen LogP contribution in [0.3, 0.4) is 0 Å². The third-order valence-electron chi connectivity index (χ3n) is 6.43. The predicted octanol–water partition coefficient (Wildman–Crippen LogP) is 2.21. The van der Waals surface area contributed by atoms with Crippen molar-refractivity contribution in [3.05, 3.63) is 0 Å². The minimum absolute atomic E-state index is 0.00274. The van der Waals surface area contributed by atoms with Crippen LogP contribution in [0.4, 0.5) is 0 Å². The first-order chi connectivity index (χ1) is 11.2. The Morgan fingerprint density at radius 1 is 1.26 bits per heavy atom. The molecule has 5 nitrogen and oxygen atoms in total. The number of carbonyl (C=O) groups is 1. The van der Waals surface area contributed by atoms with E-state index in [9.17, 15) is 4.79 Å². The van der Waals surface area contributed by atoms with Gasteiger partial charge in [0.25, 0.3) is 0 Å². The molecule has 0 unspecified atom stereocenters. The molecule has 5 aliphatic rings. The zero-order chi connectivity index (χ0) is 15.9. The summed E-state index contributed by atoms with van der Waals surface area (Å²) in [5, 5.41) is 3.54. The van der Waals surface area contributed by atoms with Gasteiger partial charge in [0.15, 0.2) is 0 Å². The second-order valence-corrected chi connectivity index (χ2v) is 8.24. The molecular weight excluding hydrogens is 290 g/mol. The SMILES string of the molecule is COC(=O)[C@H](C[C@@H]1C=NC=N1)NCC12CC3CC(CC(C3)C1)C2. The van der Waals surface area contributed by atoms with Crippen LogP contribution in [0.15, 0.2) is 9.98 Å². The van der Waals surface area contributed by atoms with E-state index in [1.54, 1.807) is 6.34 Å². The number of nitrogens with zero attached hydrogens (tertiary/aromatic N) is 2. The van der Waals surface area contributed by atoms with Crippen molar-refractivity contribution >= 4 is 18.5 Å². The van der Waals surface area contributed by atoms with E-state index >= 15 is 0 Å². The lowest BCUT2D eigenvalue weighted by atomic mass is 9.49. The molecule has 23 heavy (non-hydrogen) atoms. The van der Waals surface area contributed by atoms with Gasteiger partial charge in [0, 0.05) is 19.2 Å². The van der Waals surface area contributed by atoms with Crippen molar-refractivity contribution in [3.8, 4) is 0 Å². The summed E-state index contributed by atoms with van der Waals surface area (Å²) < 4.78 is 5.00. The Balaban J connectivity index is 1.40. The van der Waals surface area contributed by atoms with E-state index in [0.29, 0.717) is 11.8 Å². The average molecular weight is 317 g/mol. The molecule has 4 aliphatic carbocycles. The first-order valence-corrected chi connectivity index (χ1v) is 9.02. The van der Waals surface area contributed by atoms with E-state index in [1.165, 1.54) is 45.6 Å². The molecular formula is C18H27N3O2. The zero-order valence-corrected chi connectivity index (χ0v) is 13.9. The summed E-state index contributed by atoms with van der Waals surface area (Å²) >= 11 is 0. The normalized spacial score (nSPS) is 41.4. The van der Waals surface area contributed by atoms with Gasteiger partial charge in [0.05, 0.1) is 13.2 Å². The first-order valence-electron chi connectivity index (χ1n) is 9.02. The lowest BCUT2D eigenvalue weighted by Gasteiger charge is -2.57. The van der Waals surface area contributed by atoms with Crippen molar-refractivity contribution in [1.82, 2.24) is 5.32 Å². The van der Waals surface area contributed by atoms with Gasteiger partial charge in [0.2, 0.25) is 0 Å². The van der Waals surface area contributed by atoms with E-state index in [2.05, 4.69) is 15.3 Å². The topological polar surface area (TPSA) is 63.0 Å². The number of methoxy groups -OCH3 is 1. The highest BCUT2D eigenvalue weighted by molar-refractivity contribution is 5.83. The quantitative estimate of drug-likeness (QED) is 0.764. The highest BCUT2D eigenvalue weighted by atomic mass is 16.5. The second-order valence-electron chi connectivity index (χ2n) is 8.24. The van der Waals surface area contributed by atoms with Gasteiger partial charge in [-0.25, -0.2) is 4.99 Å². The molecule has 1 heterocycles. The molecule has 0 aromatic rings. The second kappa shape index (κ2) is 6.00. The van der Waals surface area contributed by atoms with Crippen LogP contribution in [0.2, 0.25) is 0 Å². The van der Waals surface area contributed by atoms with Gasteiger partial charge >= 0.3 is 5.97 Å². The van der Waals surface area contributed by atoms with Gasteiger partial charge in [-0.15, -0.1) is 0 Å². The maximum atomic E-state index is 12.1. The largest absolute Gasteiger partial charge is 0.468 e. The van der Waals surface area contributed by atoms with Crippen LogP contribution in [0.1, 0.15) is 44.9 Å². The Morgan fingerprint density at radius 2 is 1.91 bits per heavy atom. The maximum Gasteiger partial charge on any atom is 0.322 e. The molecule has 0 aromatic heterocycles. The number of hydrogen-bond donors (Lipinski definition) is 1.